The van der Waals surface area contributed by atoms with Gasteiger partial charge in [0.1, 0.15) is 38.2 Å². The maximum atomic E-state index is 8.36. The van der Waals surface area contributed by atoms with Gasteiger partial charge in [-0.3, -0.25) is 17.4 Å². The Morgan fingerprint density at radius 3 is 1.50 bits per heavy atom. The van der Waals surface area contributed by atoms with Gasteiger partial charge >= 0.3 is 0 Å². The number of carbonyl (C=O) groups excluding carboxylic acids is 2. The van der Waals surface area contributed by atoms with Gasteiger partial charge < -0.3 is 76.9 Å². The zero-order chi connectivity index (χ0) is 71.3. The van der Waals surface area contributed by atoms with Crippen molar-refractivity contribution in [3.63, 3.8) is 0 Å². The van der Waals surface area contributed by atoms with Crippen LogP contribution in [-0.4, -0.2) is 111 Å². The predicted octanol–water partition coefficient (Wildman–Crippen LogP) is 17.5. The van der Waals surface area contributed by atoms with Crippen LogP contribution in [0.5, 0.6) is 0 Å². The second kappa shape index (κ2) is 40.0. The smallest absolute Gasteiger partial charge is 0.290 e. The first-order valence-electron chi connectivity index (χ1n) is 32.7. The minimum atomic E-state index is -0.250. The SMILES string of the molecule is C.C=O.C=O.Cc1cccc2c1N1C(=CN(C)C1C)C2.Cc1cccc2c1N1C(=CN(C)C1C)C=C2.Cc1cccc2c1N1C(=CN(C)C1C)c1ccccc1-2.Cc1cccc2c1N1c3c(cccc3N(C)C1C)C2.O=CO.[CH-]=C.[CH-]=CC.[CH2-]C1=CN(C)C(C)N1c1[c-]cccc1C.[Y].[Y].[Y]. The number of para-hydroxylation sites is 6. The second-order valence-corrected chi connectivity index (χ2v) is 24.9. The minimum Gasteiger partial charge on any atom is -0.521 e. The first-order chi connectivity index (χ1) is 46.7. The molecule has 1 N–H and O–H groups in total. The maximum absolute atomic E-state index is 8.36. The van der Waals surface area contributed by atoms with Crippen molar-refractivity contribution in [2.45, 2.75) is 127 Å². The Hall–Kier alpha value is -7.29. The van der Waals surface area contributed by atoms with Crippen LogP contribution >= 0.6 is 0 Å². The number of anilines is 7. The van der Waals surface area contributed by atoms with Crippen LogP contribution < -0.4 is 29.4 Å². The van der Waals surface area contributed by atoms with Crippen LogP contribution in [-0.2, 0) is 125 Å². The first-order valence-corrected chi connectivity index (χ1v) is 32.7. The van der Waals surface area contributed by atoms with Crippen LogP contribution in [0, 0.1) is 60.8 Å². The Balaban J connectivity index is 0.000000314. The molecule has 0 aromatic heterocycles. The third kappa shape index (κ3) is 18.0. The molecule has 101 heavy (non-hydrogen) atoms. The molecule has 9 aliphatic rings. The average Bonchev–Trinajstić information content (AvgIpc) is 1.67. The van der Waals surface area contributed by atoms with Gasteiger partial charge in [-0.15, -0.1) is 17.5 Å². The van der Waals surface area contributed by atoms with Gasteiger partial charge in [0.15, 0.2) is 0 Å². The van der Waals surface area contributed by atoms with Gasteiger partial charge in [0.25, 0.3) is 6.47 Å². The molecule has 7 aromatic rings. The fourth-order valence-corrected chi connectivity index (χ4v) is 14.1. The van der Waals surface area contributed by atoms with Crippen LogP contribution in [0.25, 0.3) is 22.9 Å². The molecule has 0 fully saturated rings. The Morgan fingerprint density at radius 1 is 0.485 bits per heavy atom. The molecule has 0 saturated heterocycles. The number of allylic oxidation sites excluding steroid dienone is 4. The summed E-state index contributed by atoms with van der Waals surface area (Å²) < 4.78 is 0. The van der Waals surface area contributed by atoms with E-state index in [9.17, 15) is 0 Å². The molecule has 17 heteroatoms. The quantitative estimate of drug-likeness (QED) is 0.125. The number of carbonyl (C=O) groups is 3. The minimum absolute atomic E-state index is 0. The Morgan fingerprint density at radius 2 is 0.921 bits per heavy atom. The molecule has 14 nitrogen and oxygen atoms in total. The predicted molar refractivity (Wildman–Crippen MR) is 413 cm³/mol. The zero-order valence-corrected chi connectivity index (χ0v) is 70.0. The number of hydrogen-bond acceptors (Lipinski definition) is 13. The molecular weight excluding hydrogens is 1480 g/mol. The van der Waals surface area contributed by atoms with Crippen LogP contribution in [0.1, 0.15) is 105 Å². The molecule has 0 aliphatic carbocycles. The van der Waals surface area contributed by atoms with Gasteiger partial charge in [0.2, 0.25) is 0 Å². The average molecular weight is 1580 g/mol. The summed E-state index contributed by atoms with van der Waals surface area (Å²) in [5, 5.41) is 6.89. The Bertz CT molecular complexity index is 4100. The van der Waals surface area contributed by atoms with Crippen molar-refractivity contribution in [3.8, 4) is 11.1 Å². The molecule has 0 bridgehead atoms. The normalized spacial score (nSPS) is 17.8. The van der Waals surface area contributed by atoms with Crippen LogP contribution in [0.4, 0.5) is 39.8 Å². The molecule has 0 amide bonds. The number of hydrogen-bond donors (Lipinski definition) is 1. The van der Waals surface area contributed by atoms with E-state index in [2.05, 4.69) is 338 Å². The second-order valence-electron chi connectivity index (χ2n) is 24.9. The number of fused-ring (bicyclic) bond motifs is 14. The van der Waals surface area contributed by atoms with E-state index in [0.29, 0.717) is 30.8 Å². The van der Waals surface area contributed by atoms with E-state index in [1.54, 1.807) is 6.92 Å². The summed E-state index contributed by atoms with van der Waals surface area (Å²) in [6, 6.07) is 51.1. The summed E-state index contributed by atoms with van der Waals surface area (Å²) in [5.74, 6) is 0. The van der Waals surface area contributed by atoms with E-state index in [1.807, 2.05) is 25.7 Å². The Kier molecular flexibility index (Phi) is 34.8. The molecule has 0 spiro atoms. The monoisotopic (exact) mass is 1580 g/mol. The molecule has 5 atom stereocenters. The van der Waals surface area contributed by atoms with Gasteiger partial charge in [-0.25, -0.2) is 6.92 Å². The molecule has 3 radical (unpaired) electrons. The largest absolute Gasteiger partial charge is 0.521 e. The van der Waals surface area contributed by atoms with E-state index < -0.39 is 0 Å². The first kappa shape index (κ1) is 87.9. The number of benzene rings is 7. The van der Waals surface area contributed by atoms with Gasteiger partial charge in [-0.05, 0) is 132 Å². The van der Waals surface area contributed by atoms with Crippen molar-refractivity contribution in [2.24, 2.45) is 0 Å². The van der Waals surface area contributed by atoms with Gasteiger partial charge in [0.05, 0.1) is 40.3 Å². The molecule has 5 unspecified atom stereocenters. The molecular formula is C84H102N10O4Y3-4. The molecule has 9 aliphatic heterocycles. The fourth-order valence-electron chi connectivity index (χ4n) is 14.1. The zero-order valence-electron chi connectivity index (χ0n) is 61.5. The molecule has 16 rings (SSSR count). The summed E-state index contributed by atoms with van der Waals surface area (Å²) in [6.45, 7) is 43.4. The van der Waals surface area contributed by atoms with Crippen LogP contribution in [0.3, 0.4) is 0 Å². The number of aryl methyl sites for hydroxylation is 5. The fraction of sp³-hybridized carbons (Fsp3) is 0.286. The summed E-state index contributed by atoms with van der Waals surface area (Å²) in [7, 11) is 10.7. The Labute approximate surface area is 680 Å². The van der Waals surface area contributed by atoms with E-state index in [-0.39, 0.29) is 112 Å². The van der Waals surface area contributed by atoms with Gasteiger partial charge in [-0.2, -0.15) is 24.3 Å². The van der Waals surface area contributed by atoms with E-state index in [0.717, 1.165) is 24.2 Å². The van der Waals surface area contributed by atoms with Crippen molar-refractivity contribution in [1.29, 1.82) is 0 Å². The molecule has 0 saturated carbocycles. The molecule has 7 aromatic carbocycles. The molecule has 9 heterocycles. The van der Waals surface area contributed by atoms with Crippen LogP contribution in [0.2, 0.25) is 0 Å². The number of carboxylic acid groups (broad SMARTS) is 1. The maximum Gasteiger partial charge on any atom is 0.290 e. The van der Waals surface area contributed by atoms with Crippen molar-refractivity contribution in [1.82, 2.24) is 19.6 Å². The summed E-state index contributed by atoms with van der Waals surface area (Å²) >= 11 is 0. The van der Waals surface area contributed by atoms with E-state index in [4.69, 9.17) is 26.1 Å². The summed E-state index contributed by atoms with van der Waals surface area (Å²) in [4.78, 5) is 47.8. The van der Waals surface area contributed by atoms with Crippen LogP contribution in [0.15, 0.2) is 194 Å². The van der Waals surface area contributed by atoms with E-state index in [1.165, 1.54) is 124 Å². The van der Waals surface area contributed by atoms with Crippen molar-refractivity contribution in [3.05, 3.63) is 276 Å². The van der Waals surface area contributed by atoms with Gasteiger partial charge in [0, 0.05) is 186 Å². The summed E-state index contributed by atoms with van der Waals surface area (Å²) in [6.07, 6.45) is 18.8. The standard InChI is InChI=1S/C18H18N2.C17H18N2.C14H16N2.2C13H16N2.C3H5.C2H3.CH2O2.2CH2O.CH4.3Y/c1-12-7-6-10-16-14-8-4-5-9-15(14)17-11-19(3)13(2)20(17)18(12)16;1-11-6-4-7-13-10-14-8-5-9-15-17(14)19(16(11)13)12(2)18(15)3;1-10-5-4-6-12-7-8-13-9-15(3)11(2)16(13)14(10)12;1-9-5-4-6-11-7-12-8-14(3)10(2)15(12)13(9)11;1-10-7-5-6-8-13(10)15-11(2)9-14(4)12(15)3;1-3-2;1-2;2-1-3;2*1-2;;;;/h4-11,13H,1-3H3;4-9,12H,10H2,1-3H3;4-9,11H,1-3H3;4-6,8,10H,7H2,1-3H3;5-7,9,12H,2H2,1,3-4H3;1,3H,2H3;1H,2H2;1H,(H,2,3);2*1H2;1H4;;;/q;;;;-2;2*-1;;;;;;;. The number of nitrogens with zero attached hydrogens (tertiary/aromatic N) is 10. The van der Waals surface area contributed by atoms with Crippen molar-refractivity contribution < 1.29 is 118 Å². The summed E-state index contributed by atoms with van der Waals surface area (Å²) in [5.41, 5.74) is 30.9. The molecule has 525 valence electrons. The topological polar surface area (TPSA) is 104 Å². The van der Waals surface area contributed by atoms with Gasteiger partial charge in [-0.1, -0.05) is 142 Å². The van der Waals surface area contributed by atoms with Crippen molar-refractivity contribution >= 4 is 71.6 Å². The van der Waals surface area contributed by atoms with Crippen molar-refractivity contribution in [2.75, 3.05) is 64.6 Å². The third-order valence-corrected chi connectivity index (χ3v) is 19.1. The van der Waals surface area contributed by atoms with E-state index >= 15 is 0 Å². The number of rotatable bonds is 1. The third-order valence-electron chi connectivity index (χ3n) is 19.1.